The lowest BCUT2D eigenvalue weighted by Gasteiger charge is -2.36. The Morgan fingerprint density at radius 2 is 2.00 bits per heavy atom. The normalized spacial score (nSPS) is 21.4. The average molecular weight is 342 g/mol. The van der Waals surface area contributed by atoms with Gasteiger partial charge in [-0.15, -0.1) is 10.2 Å². The molecule has 1 amide bonds. The summed E-state index contributed by atoms with van der Waals surface area (Å²) >= 11 is 0. The van der Waals surface area contributed by atoms with E-state index in [4.69, 9.17) is 9.15 Å². The zero-order valence-electron chi connectivity index (χ0n) is 14.1. The molecule has 0 bridgehead atoms. The molecule has 4 heterocycles. The Labute approximate surface area is 146 Å². The minimum Gasteiger partial charge on any atom is -0.463 e. The van der Waals surface area contributed by atoms with E-state index in [-0.39, 0.29) is 11.8 Å². The highest BCUT2D eigenvalue weighted by molar-refractivity contribution is 5.79. The highest BCUT2D eigenvalue weighted by Crippen LogP contribution is 2.24. The SMILES string of the molecule is O=C(C1CCCN(c2ccc(-c3ccco3)nn2)C1)N1CCOCC1. The molecule has 4 rings (SSSR count). The first-order valence-corrected chi connectivity index (χ1v) is 8.80. The minimum atomic E-state index is 0.0263. The summed E-state index contributed by atoms with van der Waals surface area (Å²) in [6.45, 7) is 4.29. The van der Waals surface area contributed by atoms with Crippen LogP contribution in [0.4, 0.5) is 5.82 Å². The summed E-state index contributed by atoms with van der Waals surface area (Å²) in [7, 11) is 0. The van der Waals surface area contributed by atoms with Gasteiger partial charge in [-0.3, -0.25) is 4.79 Å². The van der Waals surface area contributed by atoms with Crippen LogP contribution in [-0.2, 0) is 9.53 Å². The van der Waals surface area contributed by atoms with Crippen molar-refractivity contribution in [3.05, 3.63) is 30.5 Å². The van der Waals surface area contributed by atoms with Crippen molar-refractivity contribution in [2.75, 3.05) is 44.3 Å². The van der Waals surface area contributed by atoms with Crippen LogP contribution in [0, 0.1) is 5.92 Å². The number of hydrogen-bond donors (Lipinski definition) is 0. The average Bonchev–Trinajstić information content (AvgIpc) is 3.23. The first-order chi connectivity index (χ1) is 12.3. The monoisotopic (exact) mass is 342 g/mol. The second kappa shape index (κ2) is 7.23. The number of aromatic nitrogens is 2. The lowest BCUT2D eigenvalue weighted by Crippen LogP contribution is -2.48. The van der Waals surface area contributed by atoms with Gasteiger partial charge in [-0.25, -0.2) is 0 Å². The molecule has 2 aliphatic rings. The van der Waals surface area contributed by atoms with E-state index < -0.39 is 0 Å². The van der Waals surface area contributed by atoms with E-state index >= 15 is 0 Å². The number of furan rings is 1. The van der Waals surface area contributed by atoms with Crippen LogP contribution in [0.1, 0.15) is 12.8 Å². The second-order valence-electron chi connectivity index (χ2n) is 6.48. The summed E-state index contributed by atoms with van der Waals surface area (Å²) in [6, 6.07) is 7.56. The predicted molar refractivity (Wildman–Crippen MR) is 92.1 cm³/mol. The smallest absolute Gasteiger partial charge is 0.227 e. The number of hydrogen-bond acceptors (Lipinski definition) is 6. The predicted octanol–water partition coefficient (Wildman–Crippen LogP) is 1.81. The topological polar surface area (TPSA) is 71.7 Å². The van der Waals surface area contributed by atoms with Gasteiger partial charge in [0.15, 0.2) is 11.6 Å². The van der Waals surface area contributed by atoms with Gasteiger partial charge < -0.3 is 19.0 Å². The lowest BCUT2D eigenvalue weighted by atomic mass is 9.96. The van der Waals surface area contributed by atoms with Gasteiger partial charge >= 0.3 is 0 Å². The standard InChI is InChI=1S/C18H22N4O3/c23-18(21-8-11-24-12-9-21)14-3-1-7-22(13-14)17-6-5-15(19-20-17)16-4-2-10-25-16/h2,4-6,10,14H,1,3,7-9,11-13H2. The van der Waals surface area contributed by atoms with Gasteiger partial charge in [-0.2, -0.15) is 0 Å². The van der Waals surface area contributed by atoms with Crippen LogP contribution >= 0.6 is 0 Å². The molecule has 0 aromatic carbocycles. The molecule has 2 fully saturated rings. The van der Waals surface area contributed by atoms with Crippen LogP contribution in [0.2, 0.25) is 0 Å². The molecule has 2 aliphatic heterocycles. The van der Waals surface area contributed by atoms with Crippen molar-refractivity contribution >= 4 is 11.7 Å². The highest BCUT2D eigenvalue weighted by atomic mass is 16.5. The van der Waals surface area contributed by atoms with Crippen molar-refractivity contribution < 1.29 is 13.9 Å². The first kappa shape index (κ1) is 16.1. The zero-order chi connectivity index (χ0) is 17.1. The van der Waals surface area contributed by atoms with Gasteiger partial charge in [0, 0.05) is 26.2 Å². The van der Waals surface area contributed by atoms with Gasteiger partial charge in [0.05, 0.1) is 25.4 Å². The summed E-state index contributed by atoms with van der Waals surface area (Å²) in [5.41, 5.74) is 0.715. The van der Waals surface area contributed by atoms with E-state index in [1.54, 1.807) is 6.26 Å². The molecule has 0 aliphatic carbocycles. The van der Waals surface area contributed by atoms with Crippen molar-refractivity contribution in [1.29, 1.82) is 0 Å². The molecule has 2 aromatic heterocycles. The van der Waals surface area contributed by atoms with Crippen molar-refractivity contribution in [2.24, 2.45) is 5.92 Å². The van der Waals surface area contributed by atoms with Gasteiger partial charge in [0.25, 0.3) is 0 Å². The molecule has 0 radical (unpaired) electrons. The number of morpholine rings is 1. The van der Waals surface area contributed by atoms with Crippen molar-refractivity contribution in [3.8, 4) is 11.5 Å². The maximum atomic E-state index is 12.7. The van der Waals surface area contributed by atoms with E-state index in [9.17, 15) is 4.79 Å². The van der Waals surface area contributed by atoms with E-state index in [0.717, 1.165) is 25.2 Å². The van der Waals surface area contributed by atoms with Crippen molar-refractivity contribution in [3.63, 3.8) is 0 Å². The van der Waals surface area contributed by atoms with Gasteiger partial charge in [-0.1, -0.05) is 0 Å². The van der Waals surface area contributed by atoms with Crippen LogP contribution in [0.5, 0.6) is 0 Å². The Morgan fingerprint density at radius 1 is 1.12 bits per heavy atom. The molecule has 0 saturated carbocycles. The number of anilines is 1. The van der Waals surface area contributed by atoms with Crippen LogP contribution in [0.15, 0.2) is 34.9 Å². The number of piperidine rings is 1. The number of amides is 1. The van der Waals surface area contributed by atoms with Crippen LogP contribution in [0.3, 0.4) is 0 Å². The molecule has 7 heteroatoms. The molecule has 0 spiro atoms. The third kappa shape index (κ3) is 3.51. The summed E-state index contributed by atoms with van der Waals surface area (Å²) in [5, 5.41) is 8.59. The molecular weight excluding hydrogens is 320 g/mol. The number of carbonyl (C=O) groups excluding carboxylic acids is 1. The molecule has 2 saturated heterocycles. The highest BCUT2D eigenvalue weighted by Gasteiger charge is 2.30. The summed E-state index contributed by atoms with van der Waals surface area (Å²) in [6.07, 6.45) is 3.55. The lowest BCUT2D eigenvalue weighted by molar-refractivity contribution is -0.139. The van der Waals surface area contributed by atoms with E-state index in [0.29, 0.717) is 44.3 Å². The van der Waals surface area contributed by atoms with E-state index in [1.165, 1.54) is 0 Å². The molecular formula is C18H22N4O3. The van der Waals surface area contributed by atoms with E-state index in [2.05, 4.69) is 15.1 Å². The minimum absolute atomic E-state index is 0.0263. The number of carbonyl (C=O) groups is 1. The Morgan fingerprint density at radius 3 is 2.72 bits per heavy atom. The maximum Gasteiger partial charge on any atom is 0.227 e. The van der Waals surface area contributed by atoms with E-state index in [1.807, 2.05) is 29.2 Å². The number of rotatable bonds is 3. The zero-order valence-corrected chi connectivity index (χ0v) is 14.1. The summed E-state index contributed by atoms with van der Waals surface area (Å²) in [4.78, 5) is 16.8. The Kier molecular flexibility index (Phi) is 4.65. The second-order valence-corrected chi connectivity index (χ2v) is 6.48. The molecule has 1 unspecified atom stereocenters. The maximum absolute atomic E-state index is 12.7. The largest absolute Gasteiger partial charge is 0.463 e. The van der Waals surface area contributed by atoms with Gasteiger partial charge in [-0.05, 0) is 37.1 Å². The third-order valence-electron chi connectivity index (χ3n) is 4.84. The fraction of sp³-hybridized carbons (Fsp3) is 0.500. The molecule has 1 atom stereocenters. The Hall–Kier alpha value is -2.41. The van der Waals surface area contributed by atoms with Crippen molar-refractivity contribution in [1.82, 2.24) is 15.1 Å². The quantitative estimate of drug-likeness (QED) is 0.847. The van der Waals surface area contributed by atoms with Crippen LogP contribution < -0.4 is 4.90 Å². The van der Waals surface area contributed by atoms with Crippen LogP contribution in [0.25, 0.3) is 11.5 Å². The third-order valence-corrected chi connectivity index (χ3v) is 4.84. The molecule has 25 heavy (non-hydrogen) atoms. The number of ether oxygens (including phenoxy) is 1. The fourth-order valence-corrected chi connectivity index (χ4v) is 3.48. The molecule has 0 N–H and O–H groups in total. The van der Waals surface area contributed by atoms with Crippen molar-refractivity contribution in [2.45, 2.75) is 12.8 Å². The van der Waals surface area contributed by atoms with Gasteiger partial charge in [0.1, 0.15) is 5.69 Å². The molecule has 7 nitrogen and oxygen atoms in total. The Balaban J connectivity index is 1.43. The van der Waals surface area contributed by atoms with Crippen LogP contribution in [-0.4, -0.2) is 60.4 Å². The Bertz CT molecular complexity index is 696. The summed E-state index contributed by atoms with van der Waals surface area (Å²) in [5.74, 6) is 1.79. The number of nitrogens with zero attached hydrogens (tertiary/aromatic N) is 4. The fourth-order valence-electron chi connectivity index (χ4n) is 3.48. The first-order valence-electron chi connectivity index (χ1n) is 8.80. The van der Waals surface area contributed by atoms with Gasteiger partial charge in [0.2, 0.25) is 5.91 Å². The molecule has 2 aromatic rings. The summed E-state index contributed by atoms with van der Waals surface area (Å²) < 4.78 is 10.7. The molecule has 132 valence electrons.